The Morgan fingerprint density at radius 2 is 0.925 bits per heavy atom. The predicted molar refractivity (Wildman–Crippen MR) is 222 cm³/mol. The zero-order valence-corrected chi connectivity index (χ0v) is 28.7. The van der Waals surface area contributed by atoms with Gasteiger partial charge >= 0.3 is 0 Å². The zero-order chi connectivity index (χ0) is 34.9. The van der Waals surface area contributed by atoms with Crippen LogP contribution >= 0.6 is 0 Å². The summed E-state index contributed by atoms with van der Waals surface area (Å²) in [5.74, 6) is 0. The van der Waals surface area contributed by atoms with Crippen molar-refractivity contribution in [1.82, 2.24) is 0 Å². The van der Waals surface area contributed by atoms with E-state index in [1.807, 2.05) is 18.2 Å². The molecule has 0 unspecified atom stereocenters. The Labute approximate surface area is 305 Å². The van der Waals surface area contributed by atoms with Crippen LogP contribution in [0.4, 0.5) is 17.1 Å². The molecule has 9 aromatic carbocycles. The molecule has 0 saturated carbocycles. The van der Waals surface area contributed by atoms with Gasteiger partial charge in [-0.1, -0.05) is 115 Å². The highest BCUT2D eigenvalue weighted by molar-refractivity contribution is 6.22. The van der Waals surface area contributed by atoms with Gasteiger partial charge in [0.2, 0.25) is 0 Å². The number of nitrogens with zero attached hydrogens (tertiary/aromatic N) is 1. The molecule has 53 heavy (non-hydrogen) atoms. The molecule has 0 bridgehead atoms. The van der Waals surface area contributed by atoms with Gasteiger partial charge in [0.1, 0.15) is 22.3 Å². The first-order valence-electron chi connectivity index (χ1n) is 18.0. The molecule has 11 rings (SSSR count). The average Bonchev–Trinajstić information content (AvgIpc) is 3.80. The third-order valence-electron chi connectivity index (χ3n) is 10.6. The van der Waals surface area contributed by atoms with Gasteiger partial charge in [0.15, 0.2) is 0 Å². The quantitative estimate of drug-likeness (QED) is 0.182. The summed E-state index contributed by atoms with van der Waals surface area (Å²) in [6, 6.07) is 67.0. The molecule has 0 atom stereocenters. The summed E-state index contributed by atoms with van der Waals surface area (Å²) in [7, 11) is 0. The van der Waals surface area contributed by atoms with Gasteiger partial charge in [-0.25, -0.2) is 0 Å². The van der Waals surface area contributed by atoms with Crippen molar-refractivity contribution >= 4 is 82.5 Å². The number of anilines is 3. The number of furan rings is 2. The fraction of sp³-hybridized carbons (Fsp3) is 0. The maximum atomic E-state index is 6.43. The first-order chi connectivity index (χ1) is 26.2. The van der Waals surface area contributed by atoms with E-state index < -0.39 is 0 Å². The third kappa shape index (κ3) is 4.82. The molecule has 3 heteroatoms. The Morgan fingerprint density at radius 3 is 1.77 bits per heavy atom. The van der Waals surface area contributed by atoms with Crippen molar-refractivity contribution in [3.8, 4) is 22.3 Å². The molecule has 0 spiro atoms. The zero-order valence-electron chi connectivity index (χ0n) is 28.7. The first kappa shape index (κ1) is 29.6. The smallest absolute Gasteiger partial charge is 0.136 e. The molecule has 0 fully saturated rings. The third-order valence-corrected chi connectivity index (χ3v) is 10.6. The number of hydrogen-bond acceptors (Lipinski definition) is 3. The first-order valence-corrected chi connectivity index (χ1v) is 18.0. The Morgan fingerprint density at radius 1 is 0.302 bits per heavy atom. The van der Waals surface area contributed by atoms with Crippen molar-refractivity contribution in [3.63, 3.8) is 0 Å². The fourth-order valence-electron chi connectivity index (χ4n) is 8.10. The molecule has 2 aromatic heterocycles. The van der Waals surface area contributed by atoms with E-state index in [0.29, 0.717) is 0 Å². The highest BCUT2D eigenvalue weighted by Gasteiger charge is 2.20. The van der Waals surface area contributed by atoms with Crippen LogP contribution in [-0.2, 0) is 0 Å². The van der Waals surface area contributed by atoms with Crippen molar-refractivity contribution in [1.29, 1.82) is 0 Å². The van der Waals surface area contributed by atoms with E-state index in [-0.39, 0.29) is 0 Å². The fourth-order valence-corrected chi connectivity index (χ4v) is 8.10. The summed E-state index contributed by atoms with van der Waals surface area (Å²) in [6.07, 6.45) is 0. The summed E-state index contributed by atoms with van der Waals surface area (Å²) in [5.41, 5.74) is 11.4. The largest absolute Gasteiger partial charge is 0.456 e. The lowest BCUT2D eigenvalue weighted by molar-refractivity contribution is 0.668. The van der Waals surface area contributed by atoms with Gasteiger partial charge in [-0.3, -0.25) is 0 Å². The lowest BCUT2D eigenvalue weighted by Crippen LogP contribution is -2.10. The van der Waals surface area contributed by atoms with E-state index in [1.54, 1.807) is 0 Å². The Balaban J connectivity index is 1.15. The molecule has 0 radical (unpaired) electrons. The van der Waals surface area contributed by atoms with Crippen molar-refractivity contribution < 1.29 is 8.83 Å². The van der Waals surface area contributed by atoms with E-state index in [1.165, 1.54) is 27.3 Å². The Bertz CT molecular complexity index is 3170. The molecule has 0 amide bonds. The summed E-state index contributed by atoms with van der Waals surface area (Å²) >= 11 is 0. The van der Waals surface area contributed by atoms with Gasteiger partial charge in [-0.2, -0.15) is 0 Å². The molecule has 3 nitrogen and oxygen atoms in total. The molecule has 11 aromatic rings. The van der Waals surface area contributed by atoms with Crippen LogP contribution in [0.3, 0.4) is 0 Å². The van der Waals surface area contributed by atoms with Crippen LogP contribution in [0.1, 0.15) is 0 Å². The number of hydrogen-bond donors (Lipinski definition) is 0. The van der Waals surface area contributed by atoms with Gasteiger partial charge in [-0.05, 0) is 117 Å². The SMILES string of the molecule is c1ccc(N(c2ccc(-c3ccc4ccccc4c3)cc2)c2cc(-c3ccc4oc5ccccc5c4c3)c3ccc4oc5ccccc5c4c3c2)cc1. The van der Waals surface area contributed by atoms with Crippen LogP contribution < -0.4 is 4.90 Å². The minimum atomic E-state index is 0.879. The normalized spacial score (nSPS) is 11.8. The number of para-hydroxylation sites is 3. The molecule has 0 aliphatic carbocycles. The second-order valence-corrected chi connectivity index (χ2v) is 13.7. The van der Waals surface area contributed by atoms with Gasteiger partial charge < -0.3 is 13.7 Å². The van der Waals surface area contributed by atoms with Crippen molar-refractivity contribution in [2.75, 3.05) is 4.90 Å². The second-order valence-electron chi connectivity index (χ2n) is 13.7. The van der Waals surface area contributed by atoms with Gasteiger partial charge in [-0.15, -0.1) is 0 Å². The number of rotatable bonds is 5. The van der Waals surface area contributed by atoms with Crippen LogP contribution in [0.25, 0.3) is 87.7 Å². The highest BCUT2D eigenvalue weighted by Crippen LogP contribution is 2.45. The molecule has 0 aliphatic heterocycles. The molecular formula is C50H31NO2. The molecule has 0 N–H and O–H groups in total. The molecule has 0 saturated heterocycles. The standard InChI is InChI=1S/C50H31NO2/c1-2-12-37(13-3-1)51(38-23-20-33(21-24-38)35-19-18-32-10-4-5-11-34(32)28-35)39-30-43(36-22-26-48-44(29-36)41-14-6-8-16-46(41)52-48)40-25-27-49-50(45(40)31-39)42-15-7-9-17-47(42)53-49/h1-31H. The van der Waals surface area contributed by atoms with E-state index in [2.05, 4.69) is 175 Å². The number of fused-ring (bicyclic) bond motifs is 9. The Hall–Kier alpha value is -7.10. The minimum absolute atomic E-state index is 0.879. The monoisotopic (exact) mass is 677 g/mol. The predicted octanol–water partition coefficient (Wildman–Crippen LogP) is 14.6. The minimum Gasteiger partial charge on any atom is -0.456 e. The maximum absolute atomic E-state index is 6.43. The Kier molecular flexibility index (Phi) is 6.55. The molecule has 0 aliphatic rings. The topological polar surface area (TPSA) is 29.5 Å². The summed E-state index contributed by atoms with van der Waals surface area (Å²) < 4.78 is 12.7. The summed E-state index contributed by atoms with van der Waals surface area (Å²) in [4.78, 5) is 2.36. The number of benzene rings is 9. The molecule has 248 valence electrons. The highest BCUT2D eigenvalue weighted by atomic mass is 16.3. The van der Waals surface area contributed by atoms with Crippen LogP contribution in [0, 0.1) is 0 Å². The summed E-state index contributed by atoms with van der Waals surface area (Å²) in [6.45, 7) is 0. The maximum Gasteiger partial charge on any atom is 0.136 e. The van der Waals surface area contributed by atoms with Gasteiger partial charge in [0, 0.05) is 38.6 Å². The molecule has 2 heterocycles. The van der Waals surface area contributed by atoms with E-state index in [0.717, 1.165) is 77.5 Å². The van der Waals surface area contributed by atoms with Crippen LogP contribution in [0.5, 0.6) is 0 Å². The lowest BCUT2D eigenvalue weighted by Gasteiger charge is -2.27. The van der Waals surface area contributed by atoms with Gasteiger partial charge in [0.05, 0.1) is 0 Å². The lowest BCUT2D eigenvalue weighted by atomic mass is 9.93. The van der Waals surface area contributed by atoms with Crippen molar-refractivity contribution in [3.05, 3.63) is 188 Å². The van der Waals surface area contributed by atoms with E-state index in [9.17, 15) is 0 Å². The second kappa shape index (κ2) is 11.7. The van der Waals surface area contributed by atoms with Crippen LogP contribution in [0.15, 0.2) is 197 Å². The van der Waals surface area contributed by atoms with Gasteiger partial charge in [0.25, 0.3) is 0 Å². The van der Waals surface area contributed by atoms with Crippen LogP contribution in [-0.4, -0.2) is 0 Å². The average molecular weight is 678 g/mol. The van der Waals surface area contributed by atoms with Crippen LogP contribution in [0.2, 0.25) is 0 Å². The van der Waals surface area contributed by atoms with E-state index in [4.69, 9.17) is 8.83 Å². The summed E-state index contributed by atoms with van der Waals surface area (Å²) in [5, 5.41) is 9.25. The van der Waals surface area contributed by atoms with Crippen molar-refractivity contribution in [2.24, 2.45) is 0 Å². The molecular weight excluding hydrogens is 647 g/mol. The van der Waals surface area contributed by atoms with Crippen molar-refractivity contribution in [2.45, 2.75) is 0 Å². The van der Waals surface area contributed by atoms with E-state index >= 15 is 0 Å².